The van der Waals surface area contributed by atoms with E-state index in [9.17, 15) is 0 Å². The fourth-order valence-corrected chi connectivity index (χ4v) is 3.49. The SMILES string of the molecule is CC1CC(CN)CN1CC1Cc2cc(Cl)ccc2O1. The molecule has 2 N–H and O–H groups in total. The molecule has 0 aromatic heterocycles. The number of hydrogen-bond donors (Lipinski definition) is 1. The topological polar surface area (TPSA) is 38.5 Å². The molecule has 2 aliphatic rings. The number of hydrogen-bond acceptors (Lipinski definition) is 3. The second kappa shape index (κ2) is 5.31. The van der Waals surface area contributed by atoms with Gasteiger partial charge in [0.1, 0.15) is 11.9 Å². The molecule has 1 aromatic rings. The van der Waals surface area contributed by atoms with E-state index in [0.717, 1.165) is 36.8 Å². The molecule has 3 rings (SSSR count). The summed E-state index contributed by atoms with van der Waals surface area (Å²) in [7, 11) is 0. The zero-order chi connectivity index (χ0) is 13.4. The maximum absolute atomic E-state index is 6.02. The highest BCUT2D eigenvalue weighted by Crippen LogP contribution is 2.32. The van der Waals surface area contributed by atoms with E-state index in [1.807, 2.05) is 18.2 Å². The highest BCUT2D eigenvalue weighted by atomic mass is 35.5. The van der Waals surface area contributed by atoms with Crippen LogP contribution in [0.25, 0.3) is 0 Å². The molecule has 3 atom stereocenters. The summed E-state index contributed by atoms with van der Waals surface area (Å²) in [6.45, 7) is 5.18. The van der Waals surface area contributed by atoms with E-state index in [-0.39, 0.29) is 6.10 Å². The molecule has 3 unspecified atom stereocenters. The molecule has 19 heavy (non-hydrogen) atoms. The van der Waals surface area contributed by atoms with E-state index in [4.69, 9.17) is 22.1 Å². The molecule has 1 saturated heterocycles. The molecule has 1 fully saturated rings. The smallest absolute Gasteiger partial charge is 0.123 e. The molecule has 0 spiro atoms. The average molecular weight is 281 g/mol. The minimum atomic E-state index is 0.257. The summed E-state index contributed by atoms with van der Waals surface area (Å²) >= 11 is 6.02. The Kier molecular flexibility index (Phi) is 3.70. The van der Waals surface area contributed by atoms with E-state index >= 15 is 0 Å². The van der Waals surface area contributed by atoms with Crippen molar-refractivity contribution in [3.8, 4) is 5.75 Å². The Bertz CT molecular complexity index is 465. The van der Waals surface area contributed by atoms with Crippen LogP contribution in [0.1, 0.15) is 18.9 Å². The van der Waals surface area contributed by atoms with Crippen LogP contribution in [0.4, 0.5) is 0 Å². The number of nitrogens with zero attached hydrogens (tertiary/aromatic N) is 1. The van der Waals surface area contributed by atoms with Crippen molar-refractivity contribution < 1.29 is 4.74 Å². The lowest BCUT2D eigenvalue weighted by atomic mass is 10.1. The van der Waals surface area contributed by atoms with Gasteiger partial charge in [0.25, 0.3) is 0 Å². The molecule has 1 aromatic carbocycles. The first-order valence-electron chi connectivity index (χ1n) is 7.05. The Balaban J connectivity index is 1.61. The standard InChI is InChI=1S/C15H21ClN2O/c1-10-4-11(7-17)8-18(10)9-14-6-12-5-13(16)2-3-15(12)19-14/h2-3,5,10-11,14H,4,6-9,17H2,1H3. The highest BCUT2D eigenvalue weighted by Gasteiger charge is 2.32. The summed E-state index contributed by atoms with van der Waals surface area (Å²) in [6, 6.07) is 6.51. The first-order valence-corrected chi connectivity index (χ1v) is 7.42. The molecule has 0 saturated carbocycles. The molecule has 4 heteroatoms. The second-order valence-corrected chi connectivity index (χ2v) is 6.27. The van der Waals surface area contributed by atoms with Crippen LogP contribution >= 0.6 is 11.6 Å². The van der Waals surface area contributed by atoms with Gasteiger partial charge < -0.3 is 10.5 Å². The third-order valence-electron chi connectivity index (χ3n) is 4.33. The fourth-order valence-electron chi connectivity index (χ4n) is 3.30. The summed E-state index contributed by atoms with van der Waals surface area (Å²) < 4.78 is 6.01. The van der Waals surface area contributed by atoms with Crippen molar-refractivity contribution in [2.45, 2.75) is 31.9 Å². The molecule has 0 bridgehead atoms. The van der Waals surface area contributed by atoms with Gasteiger partial charge in [-0.25, -0.2) is 0 Å². The highest BCUT2D eigenvalue weighted by molar-refractivity contribution is 6.30. The lowest BCUT2D eigenvalue weighted by Gasteiger charge is -2.24. The quantitative estimate of drug-likeness (QED) is 0.923. The van der Waals surface area contributed by atoms with Crippen LogP contribution in [-0.2, 0) is 6.42 Å². The van der Waals surface area contributed by atoms with Crippen LogP contribution in [0.3, 0.4) is 0 Å². The summed E-state index contributed by atoms with van der Waals surface area (Å²) in [5.41, 5.74) is 7.02. The lowest BCUT2D eigenvalue weighted by Crippen LogP contribution is -2.37. The molecule has 3 nitrogen and oxygen atoms in total. The second-order valence-electron chi connectivity index (χ2n) is 5.84. The number of likely N-dealkylation sites (tertiary alicyclic amines) is 1. The lowest BCUT2D eigenvalue weighted by molar-refractivity contribution is 0.145. The first kappa shape index (κ1) is 13.2. The Labute approximate surface area is 119 Å². The van der Waals surface area contributed by atoms with Crippen LogP contribution in [0.5, 0.6) is 5.75 Å². The number of nitrogens with two attached hydrogens (primary N) is 1. The van der Waals surface area contributed by atoms with Crippen molar-refractivity contribution in [1.82, 2.24) is 4.90 Å². The maximum atomic E-state index is 6.02. The van der Waals surface area contributed by atoms with Crippen LogP contribution in [-0.4, -0.2) is 36.7 Å². The van der Waals surface area contributed by atoms with Gasteiger partial charge in [-0.15, -0.1) is 0 Å². The van der Waals surface area contributed by atoms with Gasteiger partial charge in [-0.05, 0) is 49.6 Å². The van der Waals surface area contributed by atoms with Gasteiger partial charge in [0.05, 0.1) is 0 Å². The largest absolute Gasteiger partial charge is 0.488 e. The number of rotatable bonds is 3. The molecule has 2 aliphatic heterocycles. The fraction of sp³-hybridized carbons (Fsp3) is 0.600. The molecule has 0 aliphatic carbocycles. The normalized spacial score (nSPS) is 30.4. The maximum Gasteiger partial charge on any atom is 0.123 e. The van der Waals surface area contributed by atoms with E-state index in [1.54, 1.807) is 0 Å². The predicted molar refractivity (Wildman–Crippen MR) is 77.8 cm³/mol. The summed E-state index contributed by atoms with van der Waals surface area (Å²) in [4.78, 5) is 2.51. The van der Waals surface area contributed by atoms with Gasteiger partial charge in [-0.1, -0.05) is 11.6 Å². The van der Waals surface area contributed by atoms with Gasteiger partial charge in [0.2, 0.25) is 0 Å². The minimum Gasteiger partial charge on any atom is -0.488 e. The van der Waals surface area contributed by atoms with Gasteiger partial charge in [0.15, 0.2) is 0 Å². The number of benzene rings is 1. The van der Waals surface area contributed by atoms with Crippen LogP contribution < -0.4 is 10.5 Å². The van der Waals surface area contributed by atoms with Crippen molar-refractivity contribution in [3.63, 3.8) is 0 Å². The number of fused-ring (bicyclic) bond motifs is 1. The van der Waals surface area contributed by atoms with E-state index in [0.29, 0.717) is 12.0 Å². The van der Waals surface area contributed by atoms with Crippen molar-refractivity contribution in [2.24, 2.45) is 11.7 Å². The third kappa shape index (κ3) is 2.73. The Morgan fingerprint density at radius 3 is 3.05 bits per heavy atom. The minimum absolute atomic E-state index is 0.257. The summed E-state index contributed by atoms with van der Waals surface area (Å²) in [5, 5.41) is 0.792. The number of ether oxygens (including phenoxy) is 1. The van der Waals surface area contributed by atoms with E-state index < -0.39 is 0 Å². The molecular formula is C15H21ClN2O. The van der Waals surface area contributed by atoms with Crippen LogP contribution in [0.15, 0.2) is 18.2 Å². The van der Waals surface area contributed by atoms with Gasteiger partial charge >= 0.3 is 0 Å². The third-order valence-corrected chi connectivity index (χ3v) is 4.56. The van der Waals surface area contributed by atoms with Crippen molar-refractivity contribution in [1.29, 1.82) is 0 Å². The monoisotopic (exact) mass is 280 g/mol. The van der Waals surface area contributed by atoms with Crippen LogP contribution in [0, 0.1) is 5.92 Å². The van der Waals surface area contributed by atoms with E-state index in [1.165, 1.54) is 12.0 Å². The Morgan fingerprint density at radius 1 is 1.47 bits per heavy atom. The molecule has 104 valence electrons. The summed E-state index contributed by atoms with van der Waals surface area (Å²) in [6.07, 6.45) is 2.43. The first-order chi connectivity index (χ1) is 9.15. The zero-order valence-corrected chi connectivity index (χ0v) is 12.1. The average Bonchev–Trinajstić information content (AvgIpc) is 2.93. The predicted octanol–water partition coefficient (Wildman–Crippen LogP) is 2.31. The summed E-state index contributed by atoms with van der Waals surface area (Å²) in [5.74, 6) is 1.64. The van der Waals surface area contributed by atoms with Gasteiger partial charge in [-0.3, -0.25) is 4.90 Å². The van der Waals surface area contributed by atoms with Crippen molar-refractivity contribution in [2.75, 3.05) is 19.6 Å². The molecular weight excluding hydrogens is 260 g/mol. The van der Waals surface area contributed by atoms with Crippen LogP contribution in [0.2, 0.25) is 5.02 Å². The Hall–Kier alpha value is -0.770. The molecule has 0 amide bonds. The zero-order valence-electron chi connectivity index (χ0n) is 11.3. The van der Waals surface area contributed by atoms with Gasteiger partial charge in [0, 0.05) is 30.6 Å². The van der Waals surface area contributed by atoms with Gasteiger partial charge in [-0.2, -0.15) is 0 Å². The van der Waals surface area contributed by atoms with E-state index in [2.05, 4.69) is 11.8 Å². The Morgan fingerprint density at radius 2 is 2.32 bits per heavy atom. The van der Waals surface area contributed by atoms with Crippen molar-refractivity contribution >= 4 is 11.6 Å². The molecule has 0 radical (unpaired) electrons. The van der Waals surface area contributed by atoms with Crippen molar-refractivity contribution in [3.05, 3.63) is 28.8 Å². The number of halogens is 1. The molecule has 2 heterocycles.